The van der Waals surface area contributed by atoms with Gasteiger partial charge in [0, 0.05) is 18.0 Å². The summed E-state index contributed by atoms with van der Waals surface area (Å²) in [6.07, 6.45) is 2.98. The summed E-state index contributed by atoms with van der Waals surface area (Å²) < 4.78 is 10.5. The van der Waals surface area contributed by atoms with Crippen LogP contribution in [0, 0.1) is 0 Å². The maximum atomic E-state index is 5.90. The Hall–Kier alpha value is -0.640. The van der Waals surface area contributed by atoms with Crippen LogP contribution in [-0.2, 0) is 9.47 Å². The molecule has 0 spiro atoms. The summed E-state index contributed by atoms with van der Waals surface area (Å²) in [4.78, 5) is 3.95. The molecule has 0 bridgehead atoms. The van der Waals surface area contributed by atoms with E-state index in [0.717, 1.165) is 5.56 Å². The van der Waals surface area contributed by atoms with Crippen LogP contribution in [-0.4, -0.2) is 18.2 Å². The Morgan fingerprint density at radius 1 is 1.42 bits per heavy atom. The Morgan fingerprint density at radius 2 is 2.17 bits per heavy atom. The number of pyridine rings is 1. The lowest BCUT2D eigenvalue weighted by atomic mass is 10.3. The molecule has 0 aromatic carbocycles. The summed E-state index contributed by atoms with van der Waals surface area (Å²) in [5.74, 6) is 0. The normalized spacial score (nSPS) is 18.4. The zero-order valence-electron chi connectivity index (χ0n) is 6.37. The van der Waals surface area contributed by atoms with E-state index in [0.29, 0.717) is 18.2 Å². The van der Waals surface area contributed by atoms with E-state index in [4.69, 9.17) is 21.1 Å². The molecule has 2 rings (SSSR count). The molecule has 1 aliphatic rings. The van der Waals surface area contributed by atoms with Crippen LogP contribution >= 0.6 is 11.6 Å². The fraction of sp³-hybridized carbons (Fsp3) is 0.375. The third-order valence-corrected chi connectivity index (χ3v) is 2.02. The quantitative estimate of drug-likeness (QED) is 0.669. The van der Waals surface area contributed by atoms with Crippen LogP contribution in [0.15, 0.2) is 18.5 Å². The largest absolute Gasteiger partial charge is 0.346 e. The molecule has 1 fully saturated rings. The lowest BCUT2D eigenvalue weighted by molar-refractivity contribution is -0.0442. The van der Waals surface area contributed by atoms with Gasteiger partial charge < -0.3 is 9.47 Å². The number of rotatable bonds is 1. The monoisotopic (exact) mass is 185 g/mol. The molecule has 0 amide bonds. The predicted octanol–water partition coefficient (Wildman–Crippen LogP) is 1.78. The Bertz CT molecular complexity index is 274. The standard InChI is InChI=1S/C8H8ClNO2/c9-7-1-2-10-5-6(7)8-11-3-4-12-8/h1-2,5,8H,3-4H2. The summed E-state index contributed by atoms with van der Waals surface area (Å²) in [5, 5.41) is 0.636. The van der Waals surface area contributed by atoms with Gasteiger partial charge in [-0.1, -0.05) is 11.6 Å². The van der Waals surface area contributed by atoms with Gasteiger partial charge in [-0.2, -0.15) is 0 Å². The Kier molecular flexibility index (Phi) is 2.26. The first-order valence-electron chi connectivity index (χ1n) is 3.70. The molecule has 0 radical (unpaired) electrons. The fourth-order valence-electron chi connectivity index (χ4n) is 1.10. The summed E-state index contributed by atoms with van der Waals surface area (Å²) in [5.41, 5.74) is 0.802. The van der Waals surface area contributed by atoms with Gasteiger partial charge in [-0.15, -0.1) is 0 Å². The maximum absolute atomic E-state index is 5.90. The lowest BCUT2D eigenvalue weighted by Gasteiger charge is -2.09. The number of aromatic nitrogens is 1. The van der Waals surface area contributed by atoms with Crippen LogP contribution in [0.1, 0.15) is 11.9 Å². The van der Waals surface area contributed by atoms with Crippen molar-refractivity contribution in [1.29, 1.82) is 0 Å². The zero-order chi connectivity index (χ0) is 8.39. The van der Waals surface area contributed by atoms with Gasteiger partial charge in [0.25, 0.3) is 0 Å². The predicted molar refractivity (Wildman–Crippen MR) is 43.9 cm³/mol. The van der Waals surface area contributed by atoms with E-state index >= 15 is 0 Å². The highest BCUT2D eigenvalue weighted by atomic mass is 35.5. The van der Waals surface area contributed by atoms with Crippen LogP contribution in [0.4, 0.5) is 0 Å². The van der Waals surface area contributed by atoms with Gasteiger partial charge in [-0.25, -0.2) is 0 Å². The Labute approximate surface area is 75.3 Å². The summed E-state index contributed by atoms with van der Waals surface area (Å²) >= 11 is 5.90. The molecular formula is C8H8ClNO2. The van der Waals surface area contributed by atoms with Crippen molar-refractivity contribution in [1.82, 2.24) is 4.98 Å². The SMILES string of the molecule is Clc1ccncc1C1OCCO1. The third kappa shape index (κ3) is 1.43. The van der Waals surface area contributed by atoms with Gasteiger partial charge in [0.1, 0.15) is 0 Å². The second-order valence-corrected chi connectivity index (χ2v) is 2.88. The fourth-order valence-corrected chi connectivity index (χ4v) is 1.30. The smallest absolute Gasteiger partial charge is 0.186 e. The van der Waals surface area contributed by atoms with Crippen molar-refractivity contribution in [2.75, 3.05) is 13.2 Å². The molecule has 1 aromatic heterocycles. The number of nitrogens with zero attached hydrogens (tertiary/aromatic N) is 1. The molecule has 64 valence electrons. The molecule has 0 saturated carbocycles. The molecule has 1 saturated heterocycles. The highest BCUT2D eigenvalue weighted by Gasteiger charge is 2.20. The summed E-state index contributed by atoms with van der Waals surface area (Å²) in [7, 11) is 0. The average Bonchev–Trinajstić information content (AvgIpc) is 2.57. The lowest BCUT2D eigenvalue weighted by Crippen LogP contribution is -1.99. The topological polar surface area (TPSA) is 31.4 Å². The maximum Gasteiger partial charge on any atom is 0.186 e. The van der Waals surface area contributed by atoms with E-state index in [1.807, 2.05) is 0 Å². The first-order valence-corrected chi connectivity index (χ1v) is 4.08. The molecule has 2 heterocycles. The van der Waals surface area contributed by atoms with Gasteiger partial charge in [0.15, 0.2) is 6.29 Å². The second kappa shape index (κ2) is 3.39. The molecule has 0 N–H and O–H groups in total. The van der Waals surface area contributed by atoms with Crippen LogP contribution in [0.25, 0.3) is 0 Å². The van der Waals surface area contributed by atoms with Crippen molar-refractivity contribution in [3.05, 3.63) is 29.0 Å². The number of ether oxygens (including phenoxy) is 2. The highest BCUT2D eigenvalue weighted by Crippen LogP contribution is 2.27. The third-order valence-electron chi connectivity index (χ3n) is 1.67. The molecule has 1 aromatic rings. The van der Waals surface area contributed by atoms with Crippen molar-refractivity contribution in [2.24, 2.45) is 0 Å². The second-order valence-electron chi connectivity index (χ2n) is 2.47. The summed E-state index contributed by atoms with van der Waals surface area (Å²) in [6, 6.07) is 1.72. The van der Waals surface area contributed by atoms with E-state index in [1.54, 1.807) is 18.5 Å². The van der Waals surface area contributed by atoms with Gasteiger partial charge >= 0.3 is 0 Å². The molecule has 0 aliphatic carbocycles. The molecule has 0 atom stereocenters. The van der Waals surface area contributed by atoms with Crippen LogP contribution in [0.5, 0.6) is 0 Å². The van der Waals surface area contributed by atoms with Crippen molar-refractivity contribution in [2.45, 2.75) is 6.29 Å². The van der Waals surface area contributed by atoms with Crippen molar-refractivity contribution in [3.63, 3.8) is 0 Å². The Balaban J connectivity index is 2.26. The van der Waals surface area contributed by atoms with Crippen molar-refractivity contribution < 1.29 is 9.47 Å². The number of hydrogen-bond acceptors (Lipinski definition) is 3. The molecule has 1 aliphatic heterocycles. The van der Waals surface area contributed by atoms with Crippen LogP contribution in [0.3, 0.4) is 0 Å². The first kappa shape index (κ1) is 7.98. The first-order chi connectivity index (χ1) is 5.88. The highest BCUT2D eigenvalue weighted by molar-refractivity contribution is 6.31. The molecule has 4 heteroatoms. The van der Waals surface area contributed by atoms with E-state index in [-0.39, 0.29) is 6.29 Å². The van der Waals surface area contributed by atoms with Crippen LogP contribution < -0.4 is 0 Å². The minimum absolute atomic E-state index is 0.328. The van der Waals surface area contributed by atoms with E-state index in [1.165, 1.54) is 0 Å². The van der Waals surface area contributed by atoms with Gasteiger partial charge in [0.05, 0.1) is 18.2 Å². The minimum atomic E-state index is -0.328. The van der Waals surface area contributed by atoms with Crippen molar-refractivity contribution >= 4 is 11.6 Å². The zero-order valence-corrected chi connectivity index (χ0v) is 7.12. The minimum Gasteiger partial charge on any atom is -0.346 e. The van der Waals surface area contributed by atoms with E-state index in [9.17, 15) is 0 Å². The molecular weight excluding hydrogens is 178 g/mol. The van der Waals surface area contributed by atoms with Crippen LogP contribution in [0.2, 0.25) is 5.02 Å². The van der Waals surface area contributed by atoms with E-state index < -0.39 is 0 Å². The summed E-state index contributed by atoms with van der Waals surface area (Å²) in [6.45, 7) is 1.24. The molecule has 0 unspecified atom stereocenters. The molecule has 3 nitrogen and oxygen atoms in total. The van der Waals surface area contributed by atoms with Crippen molar-refractivity contribution in [3.8, 4) is 0 Å². The number of halogens is 1. The van der Waals surface area contributed by atoms with Gasteiger partial charge in [-0.05, 0) is 6.07 Å². The van der Waals surface area contributed by atoms with Gasteiger partial charge in [-0.3, -0.25) is 4.98 Å². The van der Waals surface area contributed by atoms with Gasteiger partial charge in [0.2, 0.25) is 0 Å². The molecule has 12 heavy (non-hydrogen) atoms. The average molecular weight is 186 g/mol. The Morgan fingerprint density at radius 3 is 2.83 bits per heavy atom. The van der Waals surface area contributed by atoms with E-state index in [2.05, 4.69) is 4.98 Å². The number of hydrogen-bond donors (Lipinski definition) is 0.